The van der Waals surface area contributed by atoms with E-state index < -0.39 is 9.84 Å². The van der Waals surface area contributed by atoms with Crippen molar-refractivity contribution in [1.29, 1.82) is 0 Å². The second kappa shape index (κ2) is 5.54. The zero-order valence-electron chi connectivity index (χ0n) is 11.0. The first kappa shape index (κ1) is 13.8. The summed E-state index contributed by atoms with van der Waals surface area (Å²) in [5.74, 6) is 0. The summed E-state index contributed by atoms with van der Waals surface area (Å²) in [6, 6.07) is 8.92. The van der Waals surface area contributed by atoms with Gasteiger partial charge in [0.1, 0.15) is 0 Å². The number of benzene rings is 1. The van der Waals surface area contributed by atoms with Crippen LogP contribution >= 0.6 is 0 Å². The lowest BCUT2D eigenvalue weighted by Gasteiger charge is -2.15. The number of sulfone groups is 1. The Bertz CT molecular complexity index is 618. The van der Waals surface area contributed by atoms with Crippen LogP contribution in [-0.4, -0.2) is 36.8 Å². The van der Waals surface area contributed by atoms with Crippen LogP contribution in [0.2, 0.25) is 0 Å². The van der Waals surface area contributed by atoms with E-state index >= 15 is 0 Å². The number of hydrogen-bond donors (Lipinski definition) is 1. The van der Waals surface area contributed by atoms with Crippen molar-refractivity contribution in [2.75, 3.05) is 13.3 Å². The topological polar surface area (TPSA) is 66.1 Å². The molecule has 0 radical (unpaired) electrons. The lowest BCUT2D eigenvalue weighted by atomic mass is 10.2. The SMILES string of the molecule is CN(Cc1ccc(S(C)(=O)=O)cc1)Cc1ccn[nH]1. The quantitative estimate of drug-likeness (QED) is 0.899. The van der Waals surface area contributed by atoms with Gasteiger partial charge in [-0.3, -0.25) is 10.00 Å². The molecule has 0 fully saturated rings. The van der Waals surface area contributed by atoms with E-state index in [4.69, 9.17) is 0 Å². The maximum absolute atomic E-state index is 11.4. The van der Waals surface area contributed by atoms with E-state index in [0.717, 1.165) is 24.3 Å². The minimum absolute atomic E-state index is 0.354. The van der Waals surface area contributed by atoms with Crippen molar-refractivity contribution in [2.45, 2.75) is 18.0 Å². The van der Waals surface area contributed by atoms with Gasteiger partial charge in [-0.25, -0.2) is 8.42 Å². The van der Waals surface area contributed by atoms with Crippen molar-refractivity contribution in [2.24, 2.45) is 0 Å². The van der Waals surface area contributed by atoms with Crippen molar-refractivity contribution >= 4 is 9.84 Å². The van der Waals surface area contributed by atoms with Crippen molar-refractivity contribution in [3.8, 4) is 0 Å². The molecule has 0 bridgehead atoms. The van der Waals surface area contributed by atoms with E-state index in [2.05, 4.69) is 15.1 Å². The molecule has 1 aromatic carbocycles. The van der Waals surface area contributed by atoms with Crippen molar-refractivity contribution < 1.29 is 8.42 Å². The van der Waals surface area contributed by atoms with E-state index in [1.54, 1.807) is 18.3 Å². The molecule has 1 aromatic heterocycles. The Morgan fingerprint density at radius 2 is 1.84 bits per heavy atom. The van der Waals surface area contributed by atoms with Crippen LogP contribution in [0.1, 0.15) is 11.3 Å². The summed E-state index contributed by atoms with van der Waals surface area (Å²) in [6.07, 6.45) is 2.94. The molecule has 0 saturated heterocycles. The van der Waals surface area contributed by atoms with Crippen LogP contribution in [0.5, 0.6) is 0 Å². The summed E-state index contributed by atoms with van der Waals surface area (Å²) in [6.45, 7) is 1.52. The molecule has 102 valence electrons. The molecule has 0 saturated carbocycles. The van der Waals surface area contributed by atoms with E-state index in [9.17, 15) is 8.42 Å². The van der Waals surface area contributed by atoms with Gasteiger partial charge in [0.2, 0.25) is 0 Å². The van der Waals surface area contributed by atoms with Crippen molar-refractivity contribution in [3.63, 3.8) is 0 Å². The van der Waals surface area contributed by atoms with Gasteiger partial charge in [0.25, 0.3) is 0 Å². The standard InChI is InChI=1S/C13H17N3O2S/c1-16(10-12-7-8-14-15-12)9-11-3-5-13(6-4-11)19(2,17)18/h3-8H,9-10H2,1-2H3,(H,14,15). The van der Waals surface area contributed by atoms with Crippen LogP contribution in [0.4, 0.5) is 0 Å². The molecule has 5 nitrogen and oxygen atoms in total. The molecule has 0 unspecified atom stereocenters. The fourth-order valence-corrected chi connectivity index (χ4v) is 2.50. The average Bonchev–Trinajstić information content (AvgIpc) is 2.81. The van der Waals surface area contributed by atoms with Crippen LogP contribution in [0.15, 0.2) is 41.4 Å². The molecule has 0 spiro atoms. The van der Waals surface area contributed by atoms with Gasteiger partial charge in [-0.15, -0.1) is 0 Å². The molecule has 1 heterocycles. The zero-order chi connectivity index (χ0) is 13.9. The Balaban J connectivity index is 1.99. The largest absolute Gasteiger partial charge is 0.296 e. The molecule has 1 N–H and O–H groups in total. The first-order valence-electron chi connectivity index (χ1n) is 5.91. The minimum Gasteiger partial charge on any atom is -0.296 e. The number of nitrogens with one attached hydrogen (secondary N) is 1. The molecular weight excluding hydrogens is 262 g/mol. The Hall–Kier alpha value is -1.66. The number of nitrogens with zero attached hydrogens (tertiary/aromatic N) is 2. The summed E-state index contributed by atoms with van der Waals surface area (Å²) in [5, 5.41) is 6.81. The van der Waals surface area contributed by atoms with Crippen molar-refractivity contribution in [3.05, 3.63) is 47.8 Å². The van der Waals surface area contributed by atoms with Gasteiger partial charge in [-0.2, -0.15) is 5.10 Å². The van der Waals surface area contributed by atoms with Gasteiger partial charge in [-0.1, -0.05) is 12.1 Å². The molecule has 2 aromatic rings. The molecule has 19 heavy (non-hydrogen) atoms. The van der Waals surface area contributed by atoms with Gasteiger partial charge in [0.05, 0.1) is 4.90 Å². The molecular formula is C13H17N3O2S. The average molecular weight is 279 g/mol. The maximum Gasteiger partial charge on any atom is 0.175 e. The normalized spacial score (nSPS) is 11.9. The Morgan fingerprint density at radius 1 is 1.16 bits per heavy atom. The van der Waals surface area contributed by atoms with Crippen molar-refractivity contribution in [1.82, 2.24) is 15.1 Å². The first-order valence-corrected chi connectivity index (χ1v) is 7.80. The smallest absolute Gasteiger partial charge is 0.175 e. The fraction of sp³-hybridized carbons (Fsp3) is 0.308. The Kier molecular flexibility index (Phi) is 4.01. The zero-order valence-corrected chi connectivity index (χ0v) is 11.8. The summed E-state index contributed by atoms with van der Waals surface area (Å²) in [7, 11) is -1.11. The molecule has 0 amide bonds. The number of aromatic amines is 1. The summed E-state index contributed by atoms with van der Waals surface area (Å²) >= 11 is 0. The molecule has 2 rings (SSSR count). The fourth-order valence-electron chi connectivity index (χ4n) is 1.87. The Labute approximate surface area is 113 Å². The predicted octanol–water partition coefficient (Wildman–Crippen LogP) is 1.45. The monoisotopic (exact) mass is 279 g/mol. The minimum atomic E-state index is -3.12. The highest BCUT2D eigenvalue weighted by Gasteiger charge is 2.07. The predicted molar refractivity (Wildman–Crippen MR) is 73.3 cm³/mol. The maximum atomic E-state index is 11.4. The van der Waals surface area contributed by atoms with Gasteiger partial charge in [0.15, 0.2) is 9.84 Å². The highest BCUT2D eigenvalue weighted by Crippen LogP contribution is 2.12. The Morgan fingerprint density at radius 3 is 2.37 bits per heavy atom. The van der Waals surface area contributed by atoms with Gasteiger partial charge < -0.3 is 0 Å². The summed E-state index contributed by atoms with van der Waals surface area (Å²) in [4.78, 5) is 2.48. The van der Waals surface area contributed by atoms with Crippen LogP contribution in [0.25, 0.3) is 0 Å². The van der Waals surface area contributed by atoms with E-state index in [1.165, 1.54) is 6.26 Å². The van der Waals surface area contributed by atoms with Gasteiger partial charge >= 0.3 is 0 Å². The first-order chi connectivity index (χ1) is 8.95. The number of rotatable bonds is 5. The van der Waals surface area contributed by atoms with E-state index in [1.807, 2.05) is 25.2 Å². The second-order valence-electron chi connectivity index (χ2n) is 4.67. The third kappa shape index (κ3) is 3.90. The summed E-state index contributed by atoms with van der Waals surface area (Å²) < 4.78 is 22.7. The number of H-pyrrole nitrogens is 1. The highest BCUT2D eigenvalue weighted by molar-refractivity contribution is 7.90. The molecule has 0 aliphatic rings. The van der Waals surface area contributed by atoms with Crippen LogP contribution in [-0.2, 0) is 22.9 Å². The van der Waals surface area contributed by atoms with Crippen LogP contribution in [0.3, 0.4) is 0 Å². The second-order valence-corrected chi connectivity index (χ2v) is 6.69. The lowest BCUT2D eigenvalue weighted by molar-refractivity contribution is 0.315. The third-order valence-electron chi connectivity index (χ3n) is 2.80. The number of aromatic nitrogens is 2. The lowest BCUT2D eigenvalue weighted by Crippen LogP contribution is -2.17. The van der Waals surface area contributed by atoms with E-state index in [-0.39, 0.29) is 0 Å². The summed E-state index contributed by atoms with van der Waals surface area (Å²) in [5.41, 5.74) is 2.13. The molecule has 0 aliphatic heterocycles. The molecule has 0 atom stereocenters. The third-order valence-corrected chi connectivity index (χ3v) is 3.93. The molecule has 6 heteroatoms. The molecule has 0 aliphatic carbocycles. The van der Waals surface area contributed by atoms with Gasteiger partial charge in [-0.05, 0) is 30.8 Å². The number of hydrogen-bond acceptors (Lipinski definition) is 4. The van der Waals surface area contributed by atoms with Gasteiger partial charge in [0, 0.05) is 31.2 Å². The highest BCUT2D eigenvalue weighted by atomic mass is 32.2. The van der Waals surface area contributed by atoms with E-state index in [0.29, 0.717) is 4.90 Å². The van der Waals surface area contributed by atoms with Crippen LogP contribution in [0, 0.1) is 0 Å². The van der Waals surface area contributed by atoms with Crippen LogP contribution < -0.4 is 0 Å².